The van der Waals surface area contributed by atoms with Gasteiger partial charge in [0.15, 0.2) is 0 Å². The van der Waals surface area contributed by atoms with Crippen LogP contribution in [0.1, 0.15) is 28.9 Å². The summed E-state index contributed by atoms with van der Waals surface area (Å²) in [5, 5.41) is 3.88. The summed E-state index contributed by atoms with van der Waals surface area (Å²) in [5.74, 6) is -0.0740. The highest BCUT2D eigenvalue weighted by Gasteiger charge is 2.16. The Morgan fingerprint density at radius 3 is 3.00 bits per heavy atom. The zero-order chi connectivity index (χ0) is 14.7. The van der Waals surface area contributed by atoms with E-state index in [0.717, 1.165) is 23.1 Å². The van der Waals surface area contributed by atoms with E-state index >= 15 is 0 Å². The Hall–Kier alpha value is -1.66. The Morgan fingerprint density at radius 2 is 2.24 bits per heavy atom. The summed E-state index contributed by atoms with van der Waals surface area (Å²) in [6.07, 6.45) is 7.04. The van der Waals surface area contributed by atoms with Crippen LogP contribution in [0.2, 0.25) is 0 Å². The van der Waals surface area contributed by atoms with Gasteiger partial charge >= 0.3 is 0 Å². The number of nitrogens with one attached hydrogen (secondary N) is 1. The number of fused-ring (bicyclic) bond motifs is 1. The number of hydrogen-bond acceptors (Lipinski definition) is 5. The highest BCUT2D eigenvalue weighted by atomic mass is 32.1. The number of carbonyl (C=O) groups excluding carboxylic acids is 1. The second-order valence-corrected chi connectivity index (χ2v) is 6.43. The topological polar surface area (TPSA) is 71.2 Å². The van der Waals surface area contributed by atoms with E-state index in [1.54, 1.807) is 12.4 Å². The number of rotatable bonds is 5. The first-order valence-electron chi connectivity index (χ1n) is 7.38. The lowest BCUT2D eigenvalue weighted by atomic mass is 10.2. The van der Waals surface area contributed by atoms with Gasteiger partial charge in [0, 0.05) is 24.3 Å². The van der Waals surface area contributed by atoms with Crippen molar-refractivity contribution in [1.29, 1.82) is 0 Å². The van der Waals surface area contributed by atoms with Crippen molar-refractivity contribution in [2.24, 2.45) is 0 Å². The van der Waals surface area contributed by atoms with E-state index in [2.05, 4.69) is 15.2 Å². The van der Waals surface area contributed by atoms with Gasteiger partial charge in [0.05, 0.1) is 10.4 Å². The highest BCUT2D eigenvalue weighted by molar-refractivity contribution is 7.21. The molecule has 0 spiro atoms. The number of hydrogen-bond donors (Lipinski definition) is 2. The fourth-order valence-electron chi connectivity index (χ4n) is 2.73. The second kappa shape index (κ2) is 6.41. The van der Waals surface area contributed by atoms with Crippen LogP contribution in [0.25, 0.3) is 10.1 Å². The molecule has 0 aromatic carbocycles. The molecule has 0 atom stereocenters. The van der Waals surface area contributed by atoms with Gasteiger partial charge in [-0.1, -0.05) is 0 Å². The third-order valence-electron chi connectivity index (χ3n) is 3.87. The number of amides is 1. The van der Waals surface area contributed by atoms with Crippen LogP contribution in [-0.4, -0.2) is 42.0 Å². The Morgan fingerprint density at radius 1 is 1.43 bits per heavy atom. The van der Waals surface area contributed by atoms with Crippen LogP contribution < -0.4 is 11.1 Å². The SMILES string of the molecule is Nc1c(C(=O)NCCCN2CCCC2)sc2cnccc12. The quantitative estimate of drug-likeness (QED) is 0.830. The number of likely N-dealkylation sites (tertiary alicyclic amines) is 1. The van der Waals surface area contributed by atoms with Crippen LogP contribution in [0.4, 0.5) is 5.69 Å². The first-order chi connectivity index (χ1) is 10.3. The fraction of sp³-hybridized carbons (Fsp3) is 0.467. The Bertz CT molecular complexity index is 634. The fourth-order valence-corrected chi connectivity index (χ4v) is 3.74. The van der Waals surface area contributed by atoms with Crippen LogP contribution in [0.5, 0.6) is 0 Å². The van der Waals surface area contributed by atoms with Gasteiger partial charge in [-0.25, -0.2) is 0 Å². The molecule has 1 saturated heterocycles. The number of thiophene rings is 1. The third kappa shape index (κ3) is 3.16. The Balaban J connectivity index is 1.55. The second-order valence-electron chi connectivity index (χ2n) is 5.37. The highest BCUT2D eigenvalue weighted by Crippen LogP contribution is 2.32. The molecule has 5 nitrogen and oxygen atoms in total. The minimum absolute atomic E-state index is 0.0740. The van der Waals surface area contributed by atoms with E-state index in [1.807, 2.05) is 6.07 Å². The zero-order valence-corrected chi connectivity index (χ0v) is 12.8. The largest absolute Gasteiger partial charge is 0.397 e. The van der Waals surface area contributed by atoms with Crippen LogP contribution in [-0.2, 0) is 0 Å². The molecule has 112 valence electrons. The molecule has 21 heavy (non-hydrogen) atoms. The summed E-state index contributed by atoms with van der Waals surface area (Å²) in [7, 11) is 0. The summed E-state index contributed by atoms with van der Waals surface area (Å²) < 4.78 is 0.956. The van der Waals surface area contributed by atoms with Crippen molar-refractivity contribution in [3.8, 4) is 0 Å². The van der Waals surface area contributed by atoms with Gasteiger partial charge < -0.3 is 16.0 Å². The van der Waals surface area contributed by atoms with Crippen molar-refractivity contribution in [3.63, 3.8) is 0 Å². The van der Waals surface area contributed by atoms with Crippen LogP contribution in [0.15, 0.2) is 18.5 Å². The number of pyridine rings is 1. The average molecular weight is 304 g/mol. The van der Waals surface area contributed by atoms with Gasteiger partial charge in [0.1, 0.15) is 4.88 Å². The van der Waals surface area contributed by atoms with Gasteiger partial charge in [-0.3, -0.25) is 9.78 Å². The van der Waals surface area contributed by atoms with Crippen molar-refractivity contribution < 1.29 is 4.79 Å². The van der Waals surface area contributed by atoms with Crippen molar-refractivity contribution in [2.75, 3.05) is 31.9 Å². The lowest BCUT2D eigenvalue weighted by molar-refractivity contribution is 0.0957. The number of aromatic nitrogens is 1. The first-order valence-corrected chi connectivity index (χ1v) is 8.20. The zero-order valence-electron chi connectivity index (χ0n) is 12.0. The molecule has 1 fully saturated rings. The van der Waals surface area contributed by atoms with E-state index < -0.39 is 0 Å². The molecule has 3 heterocycles. The molecule has 3 N–H and O–H groups in total. The van der Waals surface area contributed by atoms with Gasteiger partial charge in [-0.15, -0.1) is 11.3 Å². The lowest BCUT2D eigenvalue weighted by Crippen LogP contribution is -2.28. The van der Waals surface area contributed by atoms with Crippen molar-refractivity contribution in [2.45, 2.75) is 19.3 Å². The molecule has 6 heteroatoms. The van der Waals surface area contributed by atoms with Gasteiger partial charge in [0.2, 0.25) is 0 Å². The normalized spacial score (nSPS) is 15.6. The maximum Gasteiger partial charge on any atom is 0.263 e. The number of nitrogens with two attached hydrogens (primary N) is 1. The van der Waals surface area contributed by atoms with E-state index in [-0.39, 0.29) is 5.91 Å². The third-order valence-corrected chi connectivity index (χ3v) is 5.03. The van der Waals surface area contributed by atoms with Crippen LogP contribution in [0.3, 0.4) is 0 Å². The molecule has 3 rings (SSSR count). The first kappa shape index (κ1) is 14.3. The molecule has 2 aromatic rings. The summed E-state index contributed by atoms with van der Waals surface area (Å²) in [6, 6.07) is 1.85. The summed E-state index contributed by atoms with van der Waals surface area (Å²) in [6.45, 7) is 4.15. The average Bonchev–Trinajstić information content (AvgIpc) is 3.12. The van der Waals surface area contributed by atoms with Crippen molar-refractivity contribution in [1.82, 2.24) is 15.2 Å². The van der Waals surface area contributed by atoms with Crippen molar-refractivity contribution in [3.05, 3.63) is 23.3 Å². The molecule has 0 unspecified atom stereocenters. The maximum atomic E-state index is 12.2. The molecule has 0 saturated carbocycles. The maximum absolute atomic E-state index is 12.2. The number of nitrogens with zero attached hydrogens (tertiary/aromatic N) is 2. The van der Waals surface area contributed by atoms with Crippen LogP contribution >= 0.6 is 11.3 Å². The van der Waals surface area contributed by atoms with E-state index in [9.17, 15) is 4.79 Å². The van der Waals surface area contributed by atoms with Crippen LogP contribution in [0, 0.1) is 0 Å². The lowest BCUT2D eigenvalue weighted by Gasteiger charge is -2.14. The summed E-state index contributed by atoms with van der Waals surface area (Å²) in [4.78, 5) is 19.3. The molecule has 1 aliphatic heterocycles. The standard InChI is InChI=1S/C15H20N4OS/c16-13-11-4-6-17-10-12(11)21-14(13)15(20)18-5-3-9-19-7-1-2-8-19/h4,6,10H,1-3,5,7-9,16H2,(H,18,20). The number of carbonyl (C=O) groups is 1. The predicted octanol–water partition coefficient (Wildman–Crippen LogP) is 2.09. The summed E-state index contributed by atoms with van der Waals surface area (Å²) in [5.41, 5.74) is 6.62. The predicted molar refractivity (Wildman–Crippen MR) is 86.7 cm³/mol. The molecule has 0 radical (unpaired) electrons. The minimum atomic E-state index is -0.0740. The van der Waals surface area contributed by atoms with Gasteiger partial charge in [-0.05, 0) is 45.0 Å². The molecule has 1 aliphatic rings. The van der Waals surface area contributed by atoms with E-state index in [4.69, 9.17) is 5.73 Å². The smallest absolute Gasteiger partial charge is 0.263 e. The monoisotopic (exact) mass is 304 g/mol. The molecule has 1 amide bonds. The van der Waals surface area contributed by atoms with E-state index in [1.165, 1.54) is 37.3 Å². The molecule has 0 aliphatic carbocycles. The Labute approximate surface area is 128 Å². The van der Waals surface area contributed by atoms with Gasteiger partial charge in [0.25, 0.3) is 5.91 Å². The van der Waals surface area contributed by atoms with Crippen molar-refractivity contribution >= 4 is 33.0 Å². The Kier molecular flexibility index (Phi) is 4.36. The molecule has 0 bridgehead atoms. The molecular weight excluding hydrogens is 284 g/mol. The molecular formula is C15H20N4OS. The number of anilines is 1. The molecule has 2 aromatic heterocycles. The summed E-state index contributed by atoms with van der Waals surface area (Å²) >= 11 is 1.41. The van der Waals surface area contributed by atoms with E-state index in [0.29, 0.717) is 17.1 Å². The van der Waals surface area contributed by atoms with Gasteiger partial charge in [-0.2, -0.15) is 0 Å². The minimum Gasteiger partial charge on any atom is -0.397 e. The number of nitrogen functional groups attached to an aromatic ring is 1.